The second-order valence-corrected chi connectivity index (χ2v) is 23.5. The van der Waals surface area contributed by atoms with Crippen LogP contribution in [-0.2, 0) is 0 Å². The maximum atomic E-state index is 3.71. The third-order valence-corrected chi connectivity index (χ3v) is 8.09. The Bertz CT molecular complexity index is 86.2. The normalized spacial score (nSPS) is 13.1. The quantitative estimate of drug-likeness (QED) is 0.624. The molecule has 0 amide bonds. The summed E-state index contributed by atoms with van der Waals surface area (Å²) in [5.74, 6) is 0.985. The number of unbranched alkanes of at least 4 members (excludes halogenated alkanes) is 1. The van der Waals surface area contributed by atoms with E-state index < -0.39 is 12.3 Å². The molecule has 0 aliphatic heterocycles. The Morgan fingerprint density at radius 3 is 2.27 bits per heavy atom. The van der Waals surface area contributed by atoms with E-state index in [9.17, 15) is 0 Å². The van der Waals surface area contributed by atoms with Gasteiger partial charge in [-0.2, -0.15) is 0 Å². The van der Waals surface area contributed by atoms with Gasteiger partial charge in [0.15, 0.2) is 0 Å². The van der Waals surface area contributed by atoms with Crippen molar-refractivity contribution in [2.75, 3.05) is 0 Å². The van der Waals surface area contributed by atoms with Crippen LogP contribution >= 0.6 is 27.1 Å². The molecular formula is C8H17Br2Ga. The summed E-state index contributed by atoms with van der Waals surface area (Å²) in [6.07, 6.45) is 5.55. The van der Waals surface area contributed by atoms with E-state index in [0.29, 0.717) is 0 Å². The second kappa shape index (κ2) is 8.21. The second-order valence-electron chi connectivity index (χ2n) is 3.04. The summed E-state index contributed by atoms with van der Waals surface area (Å²) in [6, 6.07) is 0. The molecule has 0 spiro atoms. The van der Waals surface area contributed by atoms with Gasteiger partial charge >= 0.3 is 89.8 Å². The fourth-order valence-corrected chi connectivity index (χ4v) is 8.98. The summed E-state index contributed by atoms with van der Waals surface area (Å²) in [4.78, 5) is 1.45. The Balaban J connectivity index is 3.41. The van der Waals surface area contributed by atoms with Crippen molar-refractivity contribution in [1.29, 1.82) is 0 Å². The molecule has 0 bridgehead atoms. The third-order valence-electron chi connectivity index (χ3n) is 2.05. The first-order valence-corrected chi connectivity index (χ1v) is 17.5. The molecule has 0 N–H and O–H groups in total. The van der Waals surface area contributed by atoms with E-state index in [0.717, 1.165) is 5.92 Å². The molecule has 0 saturated heterocycles. The van der Waals surface area contributed by atoms with Crippen molar-refractivity contribution in [3.8, 4) is 0 Å². The molecule has 0 aromatic carbocycles. The van der Waals surface area contributed by atoms with Crippen LogP contribution in [0.25, 0.3) is 0 Å². The van der Waals surface area contributed by atoms with Gasteiger partial charge in [0, 0.05) is 0 Å². The van der Waals surface area contributed by atoms with Crippen LogP contribution in [0.5, 0.6) is 0 Å². The van der Waals surface area contributed by atoms with Crippen LogP contribution in [0.1, 0.15) is 39.5 Å². The number of hydrogen-bond acceptors (Lipinski definition) is 0. The summed E-state index contributed by atoms with van der Waals surface area (Å²) in [7, 11) is 0. The van der Waals surface area contributed by atoms with Crippen molar-refractivity contribution < 1.29 is 0 Å². The molecular weight excluding hydrogens is 326 g/mol. The molecule has 0 fully saturated rings. The van der Waals surface area contributed by atoms with Crippen molar-refractivity contribution in [3.63, 3.8) is 0 Å². The van der Waals surface area contributed by atoms with Crippen LogP contribution in [0.3, 0.4) is 0 Å². The van der Waals surface area contributed by atoms with Gasteiger partial charge in [0.2, 0.25) is 0 Å². The van der Waals surface area contributed by atoms with E-state index in [1.165, 1.54) is 30.7 Å². The molecule has 0 aromatic rings. The Labute approximate surface area is 89.2 Å². The SMILES string of the molecule is CCCCC(CC)[CH2][Ga]([Br])[Br]. The standard InChI is InChI=1S/C8H17.2BrH.Ga/c1-4-6-7-8(3)5-2;;;/h8H,3-7H2,1-2H3;2*1H;/q;;;+2/p-2. The molecule has 1 atom stereocenters. The van der Waals surface area contributed by atoms with Gasteiger partial charge in [0.25, 0.3) is 0 Å². The number of halogens is 2. The van der Waals surface area contributed by atoms with E-state index in [-0.39, 0.29) is 0 Å². The van der Waals surface area contributed by atoms with Crippen LogP contribution < -0.4 is 0 Å². The first-order valence-electron chi connectivity index (χ1n) is 4.48. The average molecular weight is 343 g/mol. The molecule has 0 rings (SSSR count). The van der Waals surface area contributed by atoms with Crippen LogP contribution in [-0.4, -0.2) is 12.3 Å². The predicted molar refractivity (Wildman–Crippen MR) is 61.7 cm³/mol. The first kappa shape index (κ1) is 12.6. The van der Waals surface area contributed by atoms with E-state index in [1.807, 2.05) is 0 Å². The van der Waals surface area contributed by atoms with Gasteiger partial charge in [-0.1, -0.05) is 0 Å². The molecule has 0 aliphatic rings. The topological polar surface area (TPSA) is 0 Å². The summed E-state index contributed by atoms with van der Waals surface area (Å²) < 4.78 is 0. The Kier molecular flexibility index (Phi) is 9.40. The van der Waals surface area contributed by atoms with Gasteiger partial charge in [-0.15, -0.1) is 0 Å². The van der Waals surface area contributed by atoms with Gasteiger partial charge in [-0.05, 0) is 0 Å². The predicted octanol–water partition coefficient (Wildman–Crippen LogP) is 4.48. The molecule has 0 heterocycles. The molecule has 11 heavy (non-hydrogen) atoms. The van der Waals surface area contributed by atoms with Crippen molar-refractivity contribution in [3.05, 3.63) is 0 Å². The monoisotopic (exact) mass is 340 g/mol. The van der Waals surface area contributed by atoms with Crippen LogP contribution in [0.2, 0.25) is 4.98 Å². The molecule has 0 aliphatic carbocycles. The van der Waals surface area contributed by atoms with Crippen molar-refractivity contribution in [2.24, 2.45) is 5.92 Å². The molecule has 0 aromatic heterocycles. The summed E-state index contributed by atoms with van der Waals surface area (Å²) in [5, 5.41) is 0. The van der Waals surface area contributed by atoms with Crippen molar-refractivity contribution in [2.45, 2.75) is 44.5 Å². The van der Waals surface area contributed by atoms with Crippen LogP contribution in [0, 0.1) is 5.92 Å². The number of rotatable bonds is 6. The zero-order valence-corrected chi connectivity index (χ0v) is 13.0. The van der Waals surface area contributed by atoms with E-state index in [4.69, 9.17) is 0 Å². The Morgan fingerprint density at radius 1 is 1.27 bits per heavy atom. The van der Waals surface area contributed by atoms with E-state index >= 15 is 0 Å². The third kappa shape index (κ3) is 7.94. The van der Waals surface area contributed by atoms with Crippen molar-refractivity contribution >= 4 is 39.4 Å². The number of hydrogen-bond donors (Lipinski definition) is 0. The van der Waals surface area contributed by atoms with Gasteiger partial charge in [-0.25, -0.2) is 0 Å². The molecule has 1 unspecified atom stereocenters. The fourth-order valence-electron chi connectivity index (χ4n) is 1.23. The van der Waals surface area contributed by atoms with Gasteiger partial charge in [0.1, 0.15) is 0 Å². The minimum atomic E-state index is -1.07. The first-order chi connectivity index (χ1) is 5.20. The van der Waals surface area contributed by atoms with Gasteiger partial charge in [0.05, 0.1) is 0 Å². The molecule has 3 heteroatoms. The average Bonchev–Trinajstić information content (AvgIpc) is 1.97. The molecule has 0 nitrogen and oxygen atoms in total. The summed E-state index contributed by atoms with van der Waals surface area (Å²) in [5.41, 5.74) is 0. The van der Waals surface area contributed by atoms with E-state index in [2.05, 4.69) is 41.0 Å². The Hall–Kier alpha value is 1.60. The summed E-state index contributed by atoms with van der Waals surface area (Å²) in [6.45, 7) is 4.58. The van der Waals surface area contributed by atoms with Gasteiger partial charge < -0.3 is 0 Å². The maximum absolute atomic E-state index is 3.71. The molecule has 0 radical (unpaired) electrons. The van der Waals surface area contributed by atoms with Crippen LogP contribution in [0.4, 0.5) is 0 Å². The zero-order chi connectivity index (χ0) is 8.69. The minimum absolute atomic E-state index is 0.985. The zero-order valence-electron chi connectivity index (χ0n) is 7.45. The molecule has 0 saturated carbocycles. The molecule has 66 valence electrons. The summed E-state index contributed by atoms with van der Waals surface area (Å²) >= 11 is 6.35. The van der Waals surface area contributed by atoms with E-state index in [1.54, 1.807) is 0 Å². The Morgan fingerprint density at radius 2 is 1.91 bits per heavy atom. The van der Waals surface area contributed by atoms with Crippen molar-refractivity contribution in [1.82, 2.24) is 0 Å². The van der Waals surface area contributed by atoms with Gasteiger partial charge in [-0.3, -0.25) is 0 Å². The van der Waals surface area contributed by atoms with Crippen LogP contribution in [0.15, 0.2) is 0 Å². The fraction of sp³-hybridized carbons (Fsp3) is 1.00.